The lowest BCUT2D eigenvalue weighted by Crippen LogP contribution is -2.53. The molecule has 0 aromatic heterocycles. The highest BCUT2D eigenvalue weighted by molar-refractivity contribution is 8.01. The highest BCUT2D eigenvalue weighted by Crippen LogP contribution is 2.33. The molecule has 1 aromatic rings. The smallest absolute Gasteiger partial charge is 0.239 e. The van der Waals surface area contributed by atoms with E-state index < -0.39 is 11.4 Å². The van der Waals surface area contributed by atoms with Crippen LogP contribution in [-0.4, -0.2) is 108 Å². The van der Waals surface area contributed by atoms with E-state index in [0.717, 1.165) is 57.1 Å². The average molecular weight is 574 g/mol. The maximum absolute atomic E-state index is 13.1. The van der Waals surface area contributed by atoms with Crippen molar-refractivity contribution < 1.29 is 14.4 Å². The van der Waals surface area contributed by atoms with Gasteiger partial charge in [0, 0.05) is 44.0 Å². The van der Waals surface area contributed by atoms with E-state index in [1.54, 1.807) is 4.90 Å². The second-order valence-electron chi connectivity index (χ2n) is 11.0. The summed E-state index contributed by atoms with van der Waals surface area (Å²) in [5, 5.41) is 8.56. The van der Waals surface area contributed by atoms with Crippen molar-refractivity contribution in [1.82, 2.24) is 20.0 Å². The number of thioether (sulfide) groups is 1. The molecule has 11 heteroatoms. The molecule has 3 atom stereocenters. The molecule has 0 radical (unpaired) electrons. The van der Waals surface area contributed by atoms with Gasteiger partial charge in [-0.15, -0.1) is 11.8 Å². The highest BCUT2D eigenvalue weighted by Gasteiger charge is 2.44. The standard InChI is InChI=1S/C29H47N7O3S/c1-2-36-28(39)24(40-29(36)26(30)27(38)31-13-9-18-34-14-4-3-5-15-34)21-32-22-10-8-11-23(20-22)33-25(37)12-19-35-16-6-7-17-35/h8,10-11,20,24,26,29,32H,2-7,9,12-19,21,30H2,1H3,(H,31,38)(H,33,37)/t24-,26-,29?/m1/s1. The van der Waals surface area contributed by atoms with Crippen LogP contribution in [-0.2, 0) is 14.4 Å². The highest BCUT2D eigenvalue weighted by atomic mass is 32.2. The van der Waals surface area contributed by atoms with Gasteiger partial charge in [0.1, 0.15) is 16.7 Å². The van der Waals surface area contributed by atoms with E-state index in [2.05, 4.69) is 25.8 Å². The summed E-state index contributed by atoms with van der Waals surface area (Å²) in [6, 6.07) is 6.77. The van der Waals surface area contributed by atoms with Gasteiger partial charge in [0.05, 0.1) is 0 Å². The number of hydrogen-bond acceptors (Lipinski definition) is 8. The molecule has 3 fully saturated rings. The Hall–Kier alpha value is -2.34. The first-order chi connectivity index (χ1) is 19.4. The Morgan fingerprint density at radius 2 is 1.70 bits per heavy atom. The van der Waals surface area contributed by atoms with E-state index in [9.17, 15) is 14.4 Å². The lowest BCUT2D eigenvalue weighted by molar-refractivity contribution is -0.131. The monoisotopic (exact) mass is 573 g/mol. The number of likely N-dealkylation sites (N-methyl/N-ethyl adjacent to an activating group) is 1. The molecular weight excluding hydrogens is 526 g/mol. The zero-order chi connectivity index (χ0) is 28.3. The van der Waals surface area contributed by atoms with E-state index in [-0.39, 0.29) is 23.0 Å². The quantitative estimate of drug-likeness (QED) is 0.250. The van der Waals surface area contributed by atoms with Crippen LogP contribution in [0.4, 0.5) is 11.4 Å². The third-order valence-electron chi connectivity index (χ3n) is 8.01. The van der Waals surface area contributed by atoms with Crippen LogP contribution in [0.1, 0.15) is 51.9 Å². The van der Waals surface area contributed by atoms with Crippen LogP contribution in [0, 0.1) is 0 Å². The average Bonchev–Trinajstić information content (AvgIpc) is 3.61. The van der Waals surface area contributed by atoms with Gasteiger partial charge in [0.15, 0.2) is 0 Å². The minimum Gasteiger partial charge on any atom is -0.383 e. The molecule has 10 nitrogen and oxygen atoms in total. The maximum Gasteiger partial charge on any atom is 0.239 e. The van der Waals surface area contributed by atoms with Crippen molar-refractivity contribution in [2.75, 3.05) is 69.5 Å². The van der Waals surface area contributed by atoms with E-state index in [1.807, 2.05) is 31.2 Å². The molecule has 40 heavy (non-hydrogen) atoms. The molecule has 5 N–H and O–H groups in total. The van der Waals surface area contributed by atoms with Crippen LogP contribution in [0.25, 0.3) is 0 Å². The van der Waals surface area contributed by atoms with E-state index in [0.29, 0.717) is 26.1 Å². The molecule has 222 valence electrons. The first-order valence-electron chi connectivity index (χ1n) is 15.0. The predicted octanol–water partition coefficient (Wildman–Crippen LogP) is 2.13. The zero-order valence-electron chi connectivity index (χ0n) is 23.9. The molecule has 3 heterocycles. The molecule has 4 rings (SSSR count). The topological polar surface area (TPSA) is 123 Å². The van der Waals surface area contributed by atoms with E-state index in [1.165, 1.54) is 43.9 Å². The lowest BCUT2D eigenvalue weighted by atomic mass is 10.1. The number of carbonyl (C=O) groups excluding carboxylic acids is 3. The number of nitrogens with zero attached hydrogens (tertiary/aromatic N) is 3. The van der Waals surface area contributed by atoms with Crippen LogP contribution in [0.5, 0.6) is 0 Å². The Morgan fingerprint density at radius 1 is 1.02 bits per heavy atom. The summed E-state index contributed by atoms with van der Waals surface area (Å²) >= 11 is 1.45. The van der Waals surface area contributed by atoms with Gasteiger partial charge in [-0.25, -0.2) is 0 Å². The molecule has 3 aliphatic rings. The van der Waals surface area contributed by atoms with E-state index >= 15 is 0 Å². The van der Waals surface area contributed by atoms with Gasteiger partial charge in [-0.05, 0) is 90.0 Å². The van der Waals surface area contributed by atoms with Gasteiger partial charge in [-0.2, -0.15) is 0 Å². The Morgan fingerprint density at radius 3 is 2.42 bits per heavy atom. The number of nitrogens with two attached hydrogens (primary N) is 1. The fraction of sp³-hybridized carbons (Fsp3) is 0.690. The molecule has 1 unspecified atom stereocenters. The molecule has 0 saturated carbocycles. The number of likely N-dealkylation sites (tertiary alicyclic amines) is 2. The largest absolute Gasteiger partial charge is 0.383 e. The van der Waals surface area contributed by atoms with Crippen LogP contribution < -0.4 is 21.7 Å². The number of rotatable bonds is 14. The third kappa shape index (κ3) is 8.83. The molecule has 1 aromatic carbocycles. The van der Waals surface area contributed by atoms with Crippen molar-refractivity contribution in [2.45, 2.75) is 68.5 Å². The zero-order valence-corrected chi connectivity index (χ0v) is 24.7. The van der Waals surface area contributed by atoms with Crippen LogP contribution in [0.3, 0.4) is 0 Å². The van der Waals surface area contributed by atoms with Gasteiger partial charge in [0.25, 0.3) is 0 Å². The Labute approximate surface area is 243 Å². The third-order valence-corrected chi connectivity index (χ3v) is 9.53. The molecule has 0 spiro atoms. The fourth-order valence-electron chi connectivity index (χ4n) is 5.71. The Kier molecular flexibility index (Phi) is 11.9. The molecule has 3 saturated heterocycles. The van der Waals surface area contributed by atoms with Gasteiger partial charge in [0.2, 0.25) is 17.7 Å². The van der Waals surface area contributed by atoms with Gasteiger partial charge < -0.3 is 36.4 Å². The normalized spacial score (nSPS) is 22.9. The maximum atomic E-state index is 13.1. The Bertz CT molecular complexity index is 984. The summed E-state index contributed by atoms with van der Waals surface area (Å²) in [5.41, 5.74) is 7.93. The molecule has 0 bridgehead atoms. The summed E-state index contributed by atoms with van der Waals surface area (Å²) in [6.45, 7) is 9.65. The Balaban J connectivity index is 1.21. The predicted molar refractivity (Wildman–Crippen MR) is 162 cm³/mol. The number of hydrogen-bond donors (Lipinski definition) is 4. The summed E-state index contributed by atoms with van der Waals surface area (Å²) in [5.74, 6) is -0.209. The first-order valence-corrected chi connectivity index (χ1v) is 16.0. The number of anilines is 2. The van der Waals surface area contributed by atoms with Crippen molar-refractivity contribution in [3.8, 4) is 0 Å². The van der Waals surface area contributed by atoms with Crippen molar-refractivity contribution in [3.63, 3.8) is 0 Å². The number of nitrogens with one attached hydrogen (secondary N) is 3. The molecule has 3 amide bonds. The fourth-order valence-corrected chi connectivity index (χ4v) is 7.17. The van der Waals surface area contributed by atoms with Crippen molar-refractivity contribution >= 4 is 40.9 Å². The minimum absolute atomic E-state index is 0.00534. The second kappa shape index (κ2) is 15.6. The number of benzene rings is 1. The first kappa shape index (κ1) is 30.6. The van der Waals surface area contributed by atoms with Crippen molar-refractivity contribution in [1.29, 1.82) is 0 Å². The van der Waals surface area contributed by atoms with Gasteiger partial charge >= 0.3 is 0 Å². The SMILES string of the molecule is CCN1C(=O)[C@@H](CNc2cccc(NC(=O)CCN3CCCC3)c2)SC1[C@H](N)C(=O)NCCCN1CCCCC1. The van der Waals surface area contributed by atoms with Crippen LogP contribution in [0.2, 0.25) is 0 Å². The summed E-state index contributed by atoms with van der Waals surface area (Å²) in [7, 11) is 0. The van der Waals surface area contributed by atoms with Gasteiger partial charge in [-0.1, -0.05) is 12.5 Å². The number of amides is 3. The lowest BCUT2D eigenvalue weighted by Gasteiger charge is -2.27. The number of piperidine rings is 1. The summed E-state index contributed by atoms with van der Waals surface area (Å²) in [6.07, 6.45) is 7.64. The molecular formula is C29H47N7O3S. The molecule has 0 aliphatic carbocycles. The van der Waals surface area contributed by atoms with E-state index in [4.69, 9.17) is 5.73 Å². The molecule has 3 aliphatic heterocycles. The minimum atomic E-state index is -0.784. The summed E-state index contributed by atoms with van der Waals surface area (Å²) < 4.78 is 0. The van der Waals surface area contributed by atoms with Crippen molar-refractivity contribution in [2.24, 2.45) is 5.73 Å². The number of carbonyl (C=O) groups is 3. The second-order valence-corrected chi connectivity index (χ2v) is 12.3. The van der Waals surface area contributed by atoms with Crippen molar-refractivity contribution in [3.05, 3.63) is 24.3 Å². The van der Waals surface area contributed by atoms with Crippen LogP contribution >= 0.6 is 11.8 Å². The van der Waals surface area contributed by atoms with Gasteiger partial charge in [-0.3, -0.25) is 14.4 Å². The van der Waals surface area contributed by atoms with Crippen LogP contribution in [0.15, 0.2) is 24.3 Å². The summed E-state index contributed by atoms with van der Waals surface area (Å²) in [4.78, 5) is 44.9.